The van der Waals surface area contributed by atoms with Crippen LogP contribution in [0, 0.1) is 15.9 Å². The van der Waals surface area contributed by atoms with Gasteiger partial charge in [-0.2, -0.15) is 0 Å². The molecule has 8 heteroatoms. The molecule has 0 aliphatic rings. The van der Waals surface area contributed by atoms with Crippen LogP contribution in [-0.4, -0.2) is 10.0 Å². The van der Waals surface area contributed by atoms with E-state index >= 15 is 0 Å². The van der Waals surface area contributed by atoms with Crippen molar-refractivity contribution in [1.82, 2.24) is 0 Å². The molecule has 5 nitrogen and oxygen atoms in total. The van der Waals surface area contributed by atoms with Crippen molar-refractivity contribution in [2.45, 2.75) is 6.10 Å². The van der Waals surface area contributed by atoms with Crippen LogP contribution in [0.1, 0.15) is 17.4 Å². The molecule has 100 valence electrons. The summed E-state index contributed by atoms with van der Waals surface area (Å²) in [6.45, 7) is 0. The Balaban J connectivity index is 2.40. The number of hydrogen-bond donors (Lipinski definition) is 1. The third kappa shape index (κ3) is 2.78. The zero-order chi connectivity index (χ0) is 14.2. The third-order valence-electron chi connectivity index (χ3n) is 2.40. The van der Waals surface area contributed by atoms with E-state index in [1.54, 1.807) is 0 Å². The molecule has 0 bridgehead atoms. The van der Waals surface area contributed by atoms with Crippen molar-refractivity contribution in [1.29, 1.82) is 0 Å². The maximum absolute atomic E-state index is 13.7. The fraction of sp³-hybridized carbons (Fsp3) is 0.0909. The van der Waals surface area contributed by atoms with Crippen LogP contribution in [0.5, 0.6) is 0 Å². The lowest BCUT2D eigenvalue weighted by molar-refractivity contribution is -0.402. The molecule has 0 spiro atoms. The van der Waals surface area contributed by atoms with E-state index in [1.807, 2.05) is 0 Å². The molecule has 1 aromatic heterocycles. The molecule has 0 radical (unpaired) electrons. The maximum atomic E-state index is 13.7. The van der Waals surface area contributed by atoms with E-state index in [4.69, 9.17) is 16.0 Å². The largest absolute Gasteiger partial charge is 0.433 e. The lowest BCUT2D eigenvalue weighted by Gasteiger charge is -2.10. The number of aliphatic hydroxyl groups is 1. The fourth-order valence-corrected chi connectivity index (χ4v) is 1.98. The molecule has 0 saturated carbocycles. The molecular formula is C11H6BrClFNO4. The Hall–Kier alpha value is -1.44. The number of aliphatic hydroxyl groups excluding tert-OH is 1. The first-order valence-corrected chi connectivity index (χ1v) is 6.14. The van der Waals surface area contributed by atoms with Crippen molar-refractivity contribution < 1.29 is 18.8 Å². The molecule has 1 heterocycles. The Morgan fingerprint density at radius 1 is 1.47 bits per heavy atom. The standard InChI is InChI=1S/C11H6BrClFNO4/c12-6-4-8(14)5(3-7(6)13)11(16)9-1-2-10(19-9)15(17)18/h1-4,11,16H. The van der Waals surface area contributed by atoms with Gasteiger partial charge in [0.25, 0.3) is 0 Å². The molecule has 1 N–H and O–H groups in total. The second-order valence-corrected chi connectivity index (χ2v) is 4.89. The number of halogens is 3. The normalized spacial score (nSPS) is 12.4. The van der Waals surface area contributed by atoms with Crippen LogP contribution in [0.3, 0.4) is 0 Å². The zero-order valence-electron chi connectivity index (χ0n) is 9.14. The Bertz CT molecular complexity index is 646. The van der Waals surface area contributed by atoms with Crippen LogP contribution in [0.2, 0.25) is 5.02 Å². The van der Waals surface area contributed by atoms with Crippen LogP contribution in [0.25, 0.3) is 0 Å². The highest BCUT2D eigenvalue weighted by Crippen LogP contribution is 2.33. The lowest BCUT2D eigenvalue weighted by atomic mass is 10.1. The van der Waals surface area contributed by atoms with Gasteiger partial charge in [0.05, 0.1) is 11.1 Å². The van der Waals surface area contributed by atoms with Gasteiger partial charge in [0.1, 0.15) is 22.6 Å². The second-order valence-electron chi connectivity index (χ2n) is 3.62. The van der Waals surface area contributed by atoms with E-state index in [0.29, 0.717) is 4.47 Å². The van der Waals surface area contributed by atoms with Crippen LogP contribution in [0.15, 0.2) is 33.2 Å². The monoisotopic (exact) mass is 349 g/mol. The SMILES string of the molecule is O=[N+]([O-])c1ccc(C(O)c2cc(Cl)c(Br)cc2F)o1. The van der Waals surface area contributed by atoms with Crippen molar-refractivity contribution >= 4 is 33.4 Å². The van der Waals surface area contributed by atoms with Gasteiger partial charge in [0, 0.05) is 10.0 Å². The first-order valence-electron chi connectivity index (χ1n) is 4.96. The van der Waals surface area contributed by atoms with Gasteiger partial charge in [0.15, 0.2) is 0 Å². The van der Waals surface area contributed by atoms with E-state index in [2.05, 4.69) is 15.9 Å². The predicted molar refractivity (Wildman–Crippen MR) is 68.5 cm³/mol. The quantitative estimate of drug-likeness (QED) is 0.518. The Labute approximate surface area is 119 Å². The van der Waals surface area contributed by atoms with E-state index in [0.717, 1.165) is 12.1 Å². The van der Waals surface area contributed by atoms with Crippen molar-refractivity contribution in [3.05, 3.63) is 61.0 Å². The summed E-state index contributed by atoms with van der Waals surface area (Å²) in [7, 11) is 0. The number of rotatable bonds is 3. The molecule has 1 atom stereocenters. The minimum atomic E-state index is -1.47. The number of nitrogens with zero attached hydrogens (tertiary/aromatic N) is 1. The fourth-order valence-electron chi connectivity index (χ4n) is 1.49. The zero-order valence-corrected chi connectivity index (χ0v) is 11.5. The number of hydrogen-bond acceptors (Lipinski definition) is 4. The van der Waals surface area contributed by atoms with Gasteiger partial charge < -0.3 is 9.52 Å². The topological polar surface area (TPSA) is 76.5 Å². The highest BCUT2D eigenvalue weighted by atomic mass is 79.9. The minimum Gasteiger partial charge on any atom is -0.403 e. The van der Waals surface area contributed by atoms with Gasteiger partial charge in [-0.05, 0) is 34.1 Å². The Morgan fingerprint density at radius 3 is 2.74 bits per heavy atom. The summed E-state index contributed by atoms with van der Waals surface area (Å²) < 4.78 is 18.9. The molecule has 0 amide bonds. The highest BCUT2D eigenvalue weighted by molar-refractivity contribution is 9.10. The molecule has 19 heavy (non-hydrogen) atoms. The van der Waals surface area contributed by atoms with Crippen LogP contribution < -0.4 is 0 Å². The summed E-state index contributed by atoms with van der Waals surface area (Å²) >= 11 is 8.85. The van der Waals surface area contributed by atoms with Gasteiger partial charge in [-0.1, -0.05) is 11.6 Å². The van der Waals surface area contributed by atoms with Crippen molar-refractivity contribution in [2.24, 2.45) is 0 Å². The Kier molecular flexibility index (Phi) is 3.88. The number of benzene rings is 1. The Morgan fingerprint density at radius 2 is 2.16 bits per heavy atom. The molecule has 2 aromatic rings. The van der Waals surface area contributed by atoms with Gasteiger partial charge in [-0.3, -0.25) is 10.1 Å². The predicted octanol–water partition coefficient (Wildman–Crippen LogP) is 3.82. The summed E-state index contributed by atoms with van der Waals surface area (Å²) in [5.74, 6) is -1.37. The van der Waals surface area contributed by atoms with E-state index < -0.39 is 22.7 Å². The first kappa shape index (κ1) is 14.0. The third-order valence-corrected chi connectivity index (χ3v) is 3.59. The molecule has 0 aliphatic carbocycles. The van der Waals surface area contributed by atoms with Gasteiger partial charge >= 0.3 is 5.88 Å². The van der Waals surface area contributed by atoms with Crippen LogP contribution in [0.4, 0.5) is 10.3 Å². The van der Waals surface area contributed by atoms with Crippen molar-refractivity contribution in [2.75, 3.05) is 0 Å². The number of furan rings is 1. The van der Waals surface area contributed by atoms with E-state index in [1.165, 1.54) is 12.1 Å². The van der Waals surface area contributed by atoms with Crippen LogP contribution >= 0.6 is 27.5 Å². The van der Waals surface area contributed by atoms with Crippen molar-refractivity contribution in [3.8, 4) is 0 Å². The van der Waals surface area contributed by atoms with Gasteiger partial charge in [-0.15, -0.1) is 0 Å². The molecule has 0 fully saturated rings. The lowest BCUT2D eigenvalue weighted by Crippen LogP contribution is -2.01. The first-order chi connectivity index (χ1) is 8.90. The maximum Gasteiger partial charge on any atom is 0.433 e. The smallest absolute Gasteiger partial charge is 0.403 e. The molecule has 0 saturated heterocycles. The average Bonchev–Trinajstić information content (AvgIpc) is 2.82. The van der Waals surface area contributed by atoms with E-state index in [-0.39, 0.29) is 16.3 Å². The minimum absolute atomic E-state index is 0.127. The van der Waals surface area contributed by atoms with E-state index in [9.17, 15) is 19.6 Å². The molecule has 2 rings (SSSR count). The summed E-state index contributed by atoms with van der Waals surface area (Å²) in [6, 6.07) is 4.60. The molecule has 1 aromatic carbocycles. The summed E-state index contributed by atoms with van der Waals surface area (Å²) in [5, 5.41) is 20.6. The summed E-state index contributed by atoms with van der Waals surface area (Å²) in [4.78, 5) is 9.72. The molecule has 1 unspecified atom stereocenters. The molecular weight excluding hydrogens is 344 g/mol. The van der Waals surface area contributed by atoms with Crippen LogP contribution in [-0.2, 0) is 0 Å². The average molecular weight is 351 g/mol. The van der Waals surface area contributed by atoms with Crippen molar-refractivity contribution in [3.63, 3.8) is 0 Å². The van der Waals surface area contributed by atoms with Gasteiger partial charge in [-0.25, -0.2) is 4.39 Å². The summed E-state index contributed by atoms with van der Waals surface area (Å²) in [5.41, 5.74) is -0.127. The second kappa shape index (κ2) is 5.28. The summed E-state index contributed by atoms with van der Waals surface area (Å²) in [6.07, 6.45) is -1.47. The van der Waals surface area contributed by atoms with Gasteiger partial charge in [0.2, 0.25) is 0 Å². The number of nitro groups is 1. The molecule has 0 aliphatic heterocycles. The highest BCUT2D eigenvalue weighted by Gasteiger charge is 2.22.